The molecule has 1 aromatic heterocycles. The molecule has 1 unspecified atom stereocenters. The van der Waals surface area contributed by atoms with Gasteiger partial charge in [-0.15, -0.1) is 0 Å². The van der Waals surface area contributed by atoms with Crippen molar-refractivity contribution in [3.8, 4) is 0 Å². The number of aromatic nitrogens is 1. The maximum absolute atomic E-state index is 11.8. The number of hydrogen-bond acceptors (Lipinski definition) is 3. The van der Waals surface area contributed by atoms with Crippen molar-refractivity contribution >= 4 is 11.7 Å². The smallest absolute Gasteiger partial charge is 0.330 e. The van der Waals surface area contributed by atoms with Gasteiger partial charge in [0.25, 0.3) is 0 Å². The van der Waals surface area contributed by atoms with E-state index in [1.807, 2.05) is 36.5 Å². The summed E-state index contributed by atoms with van der Waals surface area (Å²) in [5.74, 6) is -0.362. The molecule has 1 saturated carbocycles. The van der Waals surface area contributed by atoms with Gasteiger partial charge in [-0.2, -0.15) is 0 Å². The minimum Gasteiger partial charge on any atom is -0.479 e. The van der Waals surface area contributed by atoms with E-state index in [0.717, 1.165) is 11.3 Å². The molecular formula is C24H32N2O2. The topological polar surface area (TPSA) is 62.2 Å². The number of hydrogen-bond donors (Lipinski definition) is 2. The standard InChI is InChI=1S/C24H32N2O2/c27-24(28)23(20-14-10-7-11-15-20)26-22-16-21(17-25-18-22)19-12-8-5-3-1-2-4-6-9-13-19/h7,10-11,14-19,23,26H,1-6,8-9,12-13H2,(H,27,28). The lowest BCUT2D eigenvalue weighted by Crippen LogP contribution is -2.20. The van der Waals surface area contributed by atoms with Crippen LogP contribution in [-0.4, -0.2) is 16.1 Å². The fraction of sp³-hybridized carbons (Fsp3) is 0.500. The molecule has 0 bridgehead atoms. The molecule has 28 heavy (non-hydrogen) atoms. The maximum Gasteiger partial charge on any atom is 0.330 e. The van der Waals surface area contributed by atoms with Crippen LogP contribution in [0.2, 0.25) is 0 Å². The lowest BCUT2D eigenvalue weighted by atomic mass is 9.89. The Labute approximate surface area is 168 Å². The lowest BCUT2D eigenvalue weighted by Gasteiger charge is -2.20. The van der Waals surface area contributed by atoms with Crippen LogP contribution in [0.4, 0.5) is 5.69 Å². The van der Waals surface area contributed by atoms with Gasteiger partial charge in [0.05, 0.1) is 5.69 Å². The molecule has 0 radical (unpaired) electrons. The molecule has 0 amide bonds. The Bertz CT molecular complexity index is 720. The first-order valence-electron chi connectivity index (χ1n) is 10.7. The Kier molecular flexibility index (Phi) is 7.89. The third-order valence-electron chi connectivity index (χ3n) is 5.78. The molecule has 0 aliphatic heterocycles. The third kappa shape index (κ3) is 6.08. The van der Waals surface area contributed by atoms with Crippen molar-refractivity contribution in [1.29, 1.82) is 0 Å². The molecule has 1 heterocycles. The van der Waals surface area contributed by atoms with Crippen molar-refractivity contribution in [1.82, 2.24) is 4.98 Å². The van der Waals surface area contributed by atoms with E-state index in [0.29, 0.717) is 5.92 Å². The van der Waals surface area contributed by atoms with E-state index in [9.17, 15) is 9.90 Å². The molecule has 1 atom stereocenters. The minimum absolute atomic E-state index is 0.521. The molecule has 0 saturated heterocycles. The third-order valence-corrected chi connectivity index (χ3v) is 5.78. The van der Waals surface area contributed by atoms with Crippen LogP contribution >= 0.6 is 0 Å². The second kappa shape index (κ2) is 10.8. The first-order chi connectivity index (χ1) is 13.7. The Hall–Kier alpha value is -2.36. The van der Waals surface area contributed by atoms with Crippen molar-refractivity contribution in [2.45, 2.75) is 76.2 Å². The van der Waals surface area contributed by atoms with E-state index in [-0.39, 0.29) is 0 Å². The molecule has 2 aromatic rings. The van der Waals surface area contributed by atoms with Gasteiger partial charge in [0.15, 0.2) is 6.04 Å². The number of carboxylic acid groups (broad SMARTS) is 1. The number of rotatable bonds is 5. The molecule has 4 nitrogen and oxygen atoms in total. The first-order valence-corrected chi connectivity index (χ1v) is 10.7. The summed E-state index contributed by atoms with van der Waals surface area (Å²) < 4.78 is 0. The van der Waals surface area contributed by atoms with Gasteiger partial charge in [0.1, 0.15) is 0 Å². The summed E-state index contributed by atoms with van der Waals surface area (Å²) in [5.41, 5.74) is 2.76. The zero-order valence-corrected chi connectivity index (χ0v) is 16.6. The molecular weight excluding hydrogens is 348 g/mol. The largest absolute Gasteiger partial charge is 0.479 e. The van der Waals surface area contributed by atoms with Gasteiger partial charge >= 0.3 is 5.97 Å². The number of nitrogens with zero attached hydrogens (tertiary/aromatic N) is 1. The Morgan fingerprint density at radius 1 is 0.929 bits per heavy atom. The van der Waals surface area contributed by atoms with Crippen molar-refractivity contribution in [2.75, 3.05) is 5.32 Å². The summed E-state index contributed by atoms with van der Waals surface area (Å²) in [6, 6.07) is 10.6. The number of anilines is 1. The van der Waals surface area contributed by atoms with Crippen LogP contribution in [0.25, 0.3) is 0 Å². The van der Waals surface area contributed by atoms with Gasteiger partial charge in [0, 0.05) is 12.4 Å². The quantitative estimate of drug-likeness (QED) is 0.637. The summed E-state index contributed by atoms with van der Waals surface area (Å²) in [6.07, 6.45) is 16.7. The zero-order valence-electron chi connectivity index (χ0n) is 16.6. The van der Waals surface area contributed by atoms with Crippen molar-refractivity contribution < 1.29 is 9.90 Å². The Balaban J connectivity index is 1.73. The number of carbonyl (C=O) groups is 1. The van der Waals surface area contributed by atoms with Gasteiger partial charge in [-0.1, -0.05) is 81.7 Å². The van der Waals surface area contributed by atoms with Crippen LogP contribution < -0.4 is 5.32 Å². The molecule has 1 aliphatic carbocycles. The summed E-state index contributed by atoms with van der Waals surface area (Å²) >= 11 is 0. The van der Waals surface area contributed by atoms with E-state index in [4.69, 9.17) is 0 Å². The molecule has 4 heteroatoms. The minimum atomic E-state index is -0.883. The van der Waals surface area contributed by atoms with Crippen LogP contribution in [0.3, 0.4) is 0 Å². The maximum atomic E-state index is 11.8. The van der Waals surface area contributed by atoms with Crippen LogP contribution in [0.1, 0.15) is 87.3 Å². The van der Waals surface area contributed by atoms with Gasteiger partial charge in [-0.05, 0) is 36.0 Å². The highest BCUT2D eigenvalue weighted by atomic mass is 16.4. The summed E-state index contributed by atoms with van der Waals surface area (Å²) in [5, 5.41) is 12.8. The highest BCUT2D eigenvalue weighted by Gasteiger charge is 2.20. The number of carboxylic acids is 1. The van der Waals surface area contributed by atoms with Crippen molar-refractivity contribution in [3.63, 3.8) is 0 Å². The average Bonchev–Trinajstić information content (AvgIpc) is 2.78. The predicted octanol–water partition coefficient (Wildman–Crippen LogP) is 6.32. The zero-order chi connectivity index (χ0) is 19.6. The summed E-state index contributed by atoms with van der Waals surface area (Å²) in [4.78, 5) is 16.2. The van der Waals surface area contributed by atoms with Crippen LogP contribution in [-0.2, 0) is 4.79 Å². The fourth-order valence-corrected chi connectivity index (χ4v) is 4.18. The van der Waals surface area contributed by atoms with Crippen molar-refractivity contribution in [2.24, 2.45) is 0 Å². The average molecular weight is 381 g/mol. The Morgan fingerprint density at radius 2 is 1.54 bits per heavy atom. The molecule has 1 fully saturated rings. The highest BCUT2D eigenvalue weighted by molar-refractivity contribution is 5.79. The second-order valence-corrected chi connectivity index (χ2v) is 7.94. The number of benzene rings is 1. The summed E-state index contributed by atoms with van der Waals surface area (Å²) in [6.45, 7) is 0. The van der Waals surface area contributed by atoms with Gasteiger partial charge in [0.2, 0.25) is 0 Å². The van der Waals surface area contributed by atoms with Crippen LogP contribution in [0.5, 0.6) is 0 Å². The van der Waals surface area contributed by atoms with Crippen molar-refractivity contribution in [3.05, 3.63) is 59.9 Å². The van der Waals surface area contributed by atoms with E-state index in [1.54, 1.807) is 6.20 Å². The van der Waals surface area contributed by atoms with Gasteiger partial charge < -0.3 is 10.4 Å². The van der Waals surface area contributed by atoms with E-state index >= 15 is 0 Å². The second-order valence-electron chi connectivity index (χ2n) is 7.94. The predicted molar refractivity (Wildman–Crippen MR) is 114 cm³/mol. The molecule has 150 valence electrons. The monoisotopic (exact) mass is 380 g/mol. The molecule has 2 N–H and O–H groups in total. The first kappa shape index (κ1) is 20.4. The molecule has 3 rings (SSSR count). The van der Waals surface area contributed by atoms with Gasteiger partial charge in [-0.3, -0.25) is 4.98 Å². The number of pyridine rings is 1. The molecule has 0 spiro atoms. The van der Waals surface area contributed by atoms with Crippen LogP contribution in [0.15, 0.2) is 48.8 Å². The van der Waals surface area contributed by atoms with E-state index < -0.39 is 12.0 Å². The van der Waals surface area contributed by atoms with E-state index in [1.165, 1.54) is 69.8 Å². The van der Waals surface area contributed by atoms with E-state index in [2.05, 4.69) is 16.4 Å². The lowest BCUT2D eigenvalue weighted by molar-refractivity contribution is -0.138. The number of aliphatic carboxylic acids is 1. The molecule has 1 aromatic carbocycles. The normalized spacial score (nSPS) is 18.0. The van der Waals surface area contributed by atoms with Gasteiger partial charge in [-0.25, -0.2) is 4.79 Å². The van der Waals surface area contributed by atoms with Crippen LogP contribution in [0, 0.1) is 0 Å². The highest BCUT2D eigenvalue weighted by Crippen LogP contribution is 2.31. The SMILES string of the molecule is O=C(O)C(Nc1cncc(C2CCCCCCCCCC2)c1)c1ccccc1. The Morgan fingerprint density at radius 3 is 2.14 bits per heavy atom. The molecule has 1 aliphatic rings. The number of nitrogens with one attached hydrogen (secondary N) is 1. The fourth-order valence-electron chi connectivity index (χ4n) is 4.18. The summed E-state index contributed by atoms with van der Waals surface area (Å²) in [7, 11) is 0.